The van der Waals surface area contributed by atoms with Crippen LogP contribution in [0.1, 0.15) is 18.5 Å². The first-order valence-electron chi connectivity index (χ1n) is 6.58. The van der Waals surface area contributed by atoms with E-state index in [-0.39, 0.29) is 24.3 Å². The maximum absolute atomic E-state index is 13.0. The Morgan fingerprint density at radius 1 is 1.18 bits per heavy atom. The molecule has 0 saturated heterocycles. The van der Waals surface area contributed by atoms with Crippen LogP contribution in [0.4, 0.5) is 8.78 Å². The SMILES string of the molecule is C[C@H](NC(=O)COc1ccc(F)c(F)c1)c1ccc(Br)cc1. The van der Waals surface area contributed by atoms with E-state index in [1.165, 1.54) is 6.07 Å². The molecule has 0 bridgehead atoms. The lowest BCUT2D eigenvalue weighted by atomic mass is 10.1. The van der Waals surface area contributed by atoms with E-state index in [0.29, 0.717) is 0 Å². The maximum Gasteiger partial charge on any atom is 0.258 e. The van der Waals surface area contributed by atoms with Gasteiger partial charge in [-0.2, -0.15) is 0 Å². The van der Waals surface area contributed by atoms with Crippen molar-refractivity contribution in [2.24, 2.45) is 0 Å². The molecule has 2 rings (SSSR count). The van der Waals surface area contributed by atoms with Crippen molar-refractivity contribution in [1.82, 2.24) is 5.32 Å². The van der Waals surface area contributed by atoms with Crippen LogP contribution < -0.4 is 10.1 Å². The molecular weight excluding hydrogens is 356 g/mol. The van der Waals surface area contributed by atoms with Gasteiger partial charge in [-0.1, -0.05) is 28.1 Å². The largest absolute Gasteiger partial charge is 0.484 e. The third-order valence-corrected chi connectivity index (χ3v) is 3.54. The first kappa shape index (κ1) is 16.4. The molecule has 0 aliphatic rings. The number of hydrogen-bond donors (Lipinski definition) is 1. The highest BCUT2D eigenvalue weighted by Crippen LogP contribution is 2.17. The molecule has 0 spiro atoms. The van der Waals surface area contributed by atoms with Crippen LogP contribution in [0.5, 0.6) is 5.75 Å². The quantitative estimate of drug-likeness (QED) is 0.865. The van der Waals surface area contributed by atoms with Gasteiger partial charge in [0.15, 0.2) is 18.2 Å². The molecule has 1 atom stereocenters. The van der Waals surface area contributed by atoms with Crippen molar-refractivity contribution in [3.63, 3.8) is 0 Å². The van der Waals surface area contributed by atoms with Gasteiger partial charge in [-0.05, 0) is 36.8 Å². The van der Waals surface area contributed by atoms with E-state index >= 15 is 0 Å². The minimum Gasteiger partial charge on any atom is -0.484 e. The van der Waals surface area contributed by atoms with Crippen molar-refractivity contribution < 1.29 is 18.3 Å². The first-order chi connectivity index (χ1) is 10.5. The van der Waals surface area contributed by atoms with Gasteiger partial charge in [-0.15, -0.1) is 0 Å². The molecule has 0 aromatic heterocycles. The van der Waals surface area contributed by atoms with Gasteiger partial charge in [0, 0.05) is 10.5 Å². The molecule has 0 saturated carbocycles. The molecule has 22 heavy (non-hydrogen) atoms. The highest BCUT2D eigenvalue weighted by Gasteiger charge is 2.11. The topological polar surface area (TPSA) is 38.3 Å². The normalized spacial score (nSPS) is 11.8. The zero-order chi connectivity index (χ0) is 16.1. The lowest BCUT2D eigenvalue weighted by Gasteiger charge is -2.15. The highest BCUT2D eigenvalue weighted by molar-refractivity contribution is 9.10. The van der Waals surface area contributed by atoms with E-state index in [1.54, 1.807) is 0 Å². The molecule has 116 valence electrons. The van der Waals surface area contributed by atoms with E-state index < -0.39 is 11.6 Å². The third kappa shape index (κ3) is 4.53. The van der Waals surface area contributed by atoms with Gasteiger partial charge in [-0.3, -0.25) is 4.79 Å². The van der Waals surface area contributed by atoms with Gasteiger partial charge < -0.3 is 10.1 Å². The summed E-state index contributed by atoms with van der Waals surface area (Å²) in [5, 5.41) is 2.76. The molecule has 0 unspecified atom stereocenters. The number of amides is 1. The van der Waals surface area contributed by atoms with Gasteiger partial charge in [-0.25, -0.2) is 8.78 Å². The Balaban J connectivity index is 1.87. The van der Waals surface area contributed by atoms with Crippen LogP contribution in [-0.4, -0.2) is 12.5 Å². The summed E-state index contributed by atoms with van der Waals surface area (Å²) in [4.78, 5) is 11.8. The first-order valence-corrected chi connectivity index (χ1v) is 7.37. The molecule has 0 fully saturated rings. The zero-order valence-electron chi connectivity index (χ0n) is 11.8. The number of carbonyl (C=O) groups is 1. The monoisotopic (exact) mass is 369 g/mol. The number of ether oxygens (including phenoxy) is 1. The summed E-state index contributed by atoms with van der Waals surface area (Å²) in [6.07, 6.45) is 0. The van der Waals surface area contributed by atoms with Crippen LogP contribution in [0.15, 0.2) is 46.9 Å². The number of benzene rings is 2. The lowest BCUT2D eigenvalue weighted by Crippen LogP contribution is -2.31. The van der Waals surface area contributed by atoms with E-state index in [2.05, 4.69) is 21.2 Å². The fourth-order valence-corrected chi connectivity index (χ4v) is 2.10. The Kier molecular flexibility index (Phi) is 5.49. The van der Waals surface area contributed by atoms with E-state index in [0.717, 1.165) is 22.2 Å². The number of rotatable bonds is 5. The second kappa shape index (κ2) is 7.35. The summed E-state index contributed by atoms with van der Waals surface area (Å²) in [6, 6.07) is 10.5. The summed E-state index contributed by atoms with van der Waals surface area (Å²) >= 11 is 3.34. The van der Waals surface area contributed by atoms with Gasteiger partial charge in [0.1, 0.15) is 5.75 Å². The van der Waals surface area contributed by atoms with E-state index in [4.69, 9.17) is 4.74 Å². The summed E-state index contributed by atoms with van der Waals surface area (Å²) in [5.74, 6) is -2.22. The predicted octanol–water partition coefficient (Wildman–Crippen LogP) is 3.98. The van der Waals surface area contributed by atoms with Crippen molar-refractivity contribution >= 4 is 21.8 Å². The second-order valence-electron chi connectivity index (χ2n) is 4.71. The minimum absolute atomic E-state index is 0.102. The van der Waals surface area contributed by atoms with Gasteiger partial charge in [0.25, 0.3) is 5.91 Å². The van der Waals surface area contributed by atoms with Crippen LogP contribution in [0, 0.1) is 11.6 Å². The summed E-state index contributed by atoms with van der Waals surface area (Å²) in [5.41, 5.74) is 0.948. The number of hydrogen-bond acceptors (Lipinski definition) is 2. The number of halogens is 3. The molecule has 0 aliphatic carbocycles. The molecule has 0 heterocycles. The lowest BCUT2D eigenvalue weighted by molar-refractivity contribution is -0.123. The minimum atomic E-state index is -1.01. The number of carbonyl (C=O) groups excluding carboxylic acids is 1. The summed E-state index contributed by atoms with van der Waals surface area (Å²) < 4.78 is 31.9. The van der Waals surface area contributed by atoms with Gasteiger partial charge >= 0.3 is 0 Å². The number of nitrogens with one attached hydrogen (secondary N) is 1. The van der Waals surface area contributed by atoms with Crippen LogP contribution in [-0.2, 0) is 4.79 Å². The standard InChI is InChI=1S/C16H14BrF2NO2/c1-10(11-2-4-12(17)5-3-11)20-16(21)9-22-13-6-7-14(18)15(19)8-13/h2-8,10H,9H2,1H3,(H,20,21)/t10-/m0/s1. The molecule has 0 aliphatic heterocycles. The Bertz CT molecular complexity index is 662. The van der Waals surface area contributed by atoms with Crippen molar-refractivity contribution in [3.05, 3.63) is 64.1 Å². The summed E-state index contributed by atoms with van der Waals surface area (Å²) in [6.45, 7) is 1.57. The summed E-state index contributed by atoms with van der Waals surface area (Å²) in [7, 11) is 0. The highest BCUT2D eigenvalue weighted by atomic mass is 79.9. The van der Waals surface area contributed by atoms with Gasteiger partial charge in [0.2, 0.25) is 0 Å². The Morgan fingerprint density at radius 3 is 2.50 bits per heavy atom. The van der Waals surface area contributed by atoms with Crippen LogP contribution in [0.25, 0.3) is 0 Å². The molecule has 6 heteroatoms. The third-order valence-electron chi connectivity index (χ3n) is 3.01. The Morgan fingerprint density at radius 2 is 1.86 bits per heavy atom. The zero-order valence-corrected chi connectivity index (χ0v) is 13.4. The van der Waals surface area contributed by atoms with Crippen molar-refractivity contribution in [2.45, 2.75) is 13.0 Å². The van der Waals surface area contributed by atoms with E-state index in [9.17, 15) is 13.6 Å². The van der Waals surface area contributed by atoms with Crippen LogP contribution in [0.3, 0.4) is 0 Å². The second-order valence-corrected chi connectivity index (χ2v) is 5.62. The fourth-order valence-electron chi connectivity index (χ4n) is 1.83. The van der Waals surface area contributed by atoms with Crippen LogP contribution in [0.2, 0.25) is 0 Å². The van der Waals surface area contributed by atoms with E-state index in [1.807, 2.05) is 31.2 Å². The average Bonchev–Trinajstić information content (AvgIpc) is 2.49. The van der Waals surface area contributed by atoms with Crippen LogP contribution >= 0.6 is 15.9 Å². The average molecular weight is 370 g/mol. The molecule has 1 N–H and O–H groups in total. The molecular formula is C16H14BrF2NO2. The molecule has 2 aromatic carbocycles. The molecule has 1 amide bonds. The molecule has 3 nitrogen and oxygen atoms in total. The smallest absolute Gasteiger partial charge is 0.258 e. The van der Waals surface area contributed by atoms with Gasteiger partial charge in [0.05, 0.1) is 6.04 Å². The molecule has 2 aromatic rings. The van der Waals surface area contributed by atoms with Crippen molar-refractivity contribution in [3.8, 4) is 5.75 Å². The Hall–Kier alpha value is -1.95. The molecule has 0 radical (unpaired) electrons. The predicted molar refractivity (Wildman–Crippen MR) is 82.6 cm³/mol. The maximum atomic E-state index is 13.0. The van der Waals surface area contributed by atoms with Crippen molar-refractivity contribution in [1.29, 1.82) is 0 Å². The van der Waals surface area contributed by atoms with Crippen molar-refractivity contribution in [2.75, 3.05) is 6.61 Å². The fraction of sp³-hybridized carbons (Fsp3) is 0.188. The Labute approximate surface area is 135 Å².